The molecule has 2 aliphatic rings. The molecule has 2 aliphatic heterocycles. The maximum atomic E-state index is 13.1. The van der Waals surface area contributed by atoms with E-state index < -0.39 is 0 Å². The number of likely N-dealkylation sites (N-methyl/N-ethyl adjacent to an activating group) is 1. The first-order valence-corrected chi connectivity index (χ1v) is 11.6. The van der Waals surface area contributed by atoms with Crippen LogP contribution in [0.1, 0.15) is 58.7 Å². The molecule has 2 aromatic heterocycles. The Morgan fingerprint density at radius 3 is 2.61 bits per heavy atom. The molecule has 1 atom stereocenters. The first-order chi connectivity index (χ1) is 15.9. The number of piperidine rings is 1. The summed E-state index contributed by atoms with van der Waals surface area (Å²) >= 11 is 0. The first kappa shape index (κ1) is 21.4. The third kappa shape index (κ3) is 4.05. The van der Waals surface area contributed by atoms with E-state index in [1.807, 2.05) is 43.3 Å². The van der Waals surface area contributed by atoms with Crippen LogP contribution in [0.4, 0.5) is 5.82 Å². The highest BCUT2D eigenvalue weighted by Gasteiger charge is 2.31. The molecule has 33 heavy (non-hydrogen) atoms. The molecule has 0 bridgehead atoms. The Hall–Kier alpha value is -3.42. The lowest BCUT2D eigenvalue weighted by Crippen LogP contribution is -2.38. The second-order valence-corrected chi connectivity index (χ2v) is 9.25. The molecular formula is C25H30N6O2. The summed E-state index contributed by atoms with van der Waals surface area (Å²) in [5, 5.41) is 4.23. The summed E-state index contributed by atoms with van der Waals surface area (Å²) in [4.78, 5) is 41.7. The highest BCUT2D eigenvalue weighted by atomic mass is 16.2. The van der Waals surface area contributed by atoms with E-state index in [1.54, 1.807) is 4.90 Å². The maximum absolute atomic E-state index is 13.1. The molecule has 8 nitrogen and oxygen atoms in total. The molecule has 172 valence electrons. The van der Waals surface area contributed by atoms with Crippen LogP contribution >= 0.6 is 0 Å². The summed E-state index contributed by atoms with van der Waals surface area (Å²) in [5.74, 6) is 2.09. The number of carbonyl (C=O) groups excluding carboxylic acids is 2. The zero-order valence-corrected chi connectivity index (χ0v) is 19.4. The predicted molar refractivity (Wildman–Crippen MR) is 127 cm³/mol. The molecule has 8 heteroatoms. The number of nitrogens with zero attached hydrogens (tertiary/aromatic N) is 4. The highest BCUT2D eigenvalue weighted by molar-refractivity contribution is 5.98. The van der Waals surface area contributed by atoms with Gasteiger partial charge in [-0.05, 0) is 37.5 Å². The fourth-order valence-corrected chi connectivity index (χ4v) is 5.00. The lowest BCUT2D eigenvalue weighted by Gasteiger charge is -2.31. The van der Waals surface area contributed by atoms with Crippen molar-refractivity contribution >= 4 is 28.5 Å². The van der Waals surface area contributed by atoms with Gasteiger partial charge in [0.25, 0.3) is 5.91 Å². The van der Waals surface area contributed by atoms with Crippen molar-refractivity contribution in [2.24, 2.45) is 0 Å². The fraction of sp³-hybridized carbons (Fsp3) is 0.440. The minimum Gasteiger partial charge on any atom is -0.373 e. The topological polar surface area (TPSA) is 94.2 Å². The van der Waals surface area contributed by atoms with Gasteiger partial charge < -0.3 is 20.1 Å². The SMILES string of the molecule is CNc1cc([C@H]2CC(=O)N(C)C2)nc(C2CCN(C(=O)c3cc4c(C)cccc4[nH]3)CC2)n1. The molecule has 5 rings (SSSR count). The van der Waals surface area contributed by atoms with Gasteiger partial charge in [-0.25, -0.2) is 9.97 Å². The summed E-state index contributed by atoms with van der Waals surface area (Å²) in [6.45, 7) is 4.09. The number of aromatic amines is 1. The number of anilines is 1. The number of nitrogens with one attached hydrogen (secondary N) is 2. The molecule has 2 saturated heterocycles. The molecular weight excluding hydrogens is 416 g/mol. The van der Waals surface area contributed by atoms with Crippen molar-refractivity contribution < 1.29 is 9.59 Å². The van der Waals surface area contributed by atoms with Gasteiger partial charge in [0.15, 0.2) is 0 Å². The summed E-state index contributed by atoms with van der Waals surface area (Å²) in [6, 6.07) is 9.98. The average molecular weight is 447 g/mol. The Labute approximate surface area is 193 Å². The van der Waals surface area contributed by atoms with Gasteiger partial charge in [0.05, 0.1) is 5.69 Å². The molecule has 2 fully saturated rings. The van der Waals surface area contributed by atoms with E-state index in [-0.39, 0.29) is 23.7 Å². The smallest absolute Gasteiger partial charge is 0.270 e. The Morgan fingerprint density at radius 2 is 1.94 bits per heavy atom. The average Bonchev–Trinajstić information content (AvgIpc) is 3.42. The number of hydrogen-bond donors (Lipinski definition) is 2. The van der Waals surface area contributed by atoms with Crippen LogP contribution in [0, 0.1) is 6.92 Å². The van der Waals surface area contributed by atoms with Crippen molar-refractivity contribution in [3.63, 3.8) is 0 Å². The van der Waals surface area contributed by atoms with Crippen molar-refractivity contribution in [1.82, 2.24) is 24.8 Å². The number of carbonyl (C=O) groups is 2. The second kappa shape index (κ2) is 8.50. The van der Waals surface area contributed by atoms with Crippen LogP contribution in [0.15, 0.2) is 30.3 Å². The van der Waals surface area contributed by atoms with Crippen LogP contribution in [0.3, 0.4) is 0 Å². The number of hydrogen-bond acceptors (Lipinski definition) is 5. The molecule has 2 amide bonds. The predicted octanol–water partition coefficient (Wildman–Crippen LogP) is 3.27. The van der Waals surface area contributed by atoms with Crippen LogP contribution in [0.5, 0.6) is 0 Å². The zero-order valence-electron chi connectivity index (χ0n) is 19.4. The van der Waals surface area contributed by atoms with Gasteiger partial charge in [-0.1, -0.05) is 12.1 Å². The third-order valence-electron chi connectivity index (χ3n) is 7.04. The lowest BCUT2D eigenvalue weighted by molar-refractivity contribution is -0.126. The minimum absolute atomic E-state index is 0.0436. The van der Waals surface area contributed by atoms with E-state index in [2.05, 4.69) is 23.3 Å². The molecule has 0 saturated carbocycles. The van der Waals surface area contributed by atoms with Gasteiger partial charge in [0.2, 0.25) is 5.91 Å². The number of H-pyrrole nitrogens is 1. The Kier molecular flexibility index (Phi) is 5.52. The summed E-state index contributed by atoms with van der Waals surface area (Å²) in [7, 11) is 3.69. The van der Waals surface area contributed by atoms with Gasteiger partial charge in [0.1, 0.15) is 17.3 Å². The normalized spacial score (nSPS) is 19.5. The van der Waals surface area contributed by atoms with Crippen molar-refractivity contribution in [2.75, 3.05) is 39.0 Å². The number of aromatic nitrogens is 3. The number of rotatable bonds is 4. The highest BCUT2D eigenvalue weighted by Crippen LogP contribution is 2.32. The summed E-state index contributed by atoms with van der Waals surface area (Å²) in [6.07, 6.45) is 2.13. The lowest BCUT2D eigenvalue weighted by atomic mass is 9.95. The zero-order chi connectivity index (χ0) is 23.1. The Balaban J connectivity index is 1.30. The molecule has 0 spiro atoms. The van der Waals surface area contributed by atoms with Gasteiger partial charge in [-0.15, -0.1) is 0 Å². The second-order valence-electron chi connectivity index (χ2n) is 9.25. The Bertz CT molecular complexity index is 1210. The summed E-state index contributed by atoms with van der Waals surface area (Å²) < 4.78 is 0. The van der Waals surface area contributed by atoms with Crippen LogP contribution in [0.25, 0.3) is 10.9 Å². The van der Waals surface area contributed by atoms with E-state index in [9.17, 15) is 9.59 Å². The molecule has 2 N–H and O–H groups in total. The quantitative estimate of drug-likeness (QED) is 0.642. The summed E-state index contributed by atoms with van der Waals surface area (Å²) in [5.41, 5.74) is 3.72. The molecule has 4 heterocycles. The van der Waals surface area contributed by atoms with E-state index in [0.717, 1.165) is 46.6 Å². The van der Waals surface area contributed by atoms with Crippen LogP contribution < -0.4 is 5.32 Å². The molecule has 0 radical (unpaired) electrons. The van der Waals surface area contributed by atoms with E-state index in [4.69, 9.17) is 9.97 Å². The number of fused-ring (bicyclic) bond motifs is 1. The molecule has 1 aromatic carbocycles. The van der Waals surface area contributed by atoms with Gasteiger partial charge >= 0.3 is 0 Å². The van der Waals surface area contributed by atoms with E-state index in [1.165, 1.54) is 0 Å². The first-order valence-electron chi connectivity index (χ1n) is 11.6. The van der Waals surface area contributed by atoms with Crippen molar-refractivity contribution in [3.8, 4) is 0 Å². The number of aryl methyl sites for hydroxylation is 1. The van der Waals surface area contributed by atoms with Crippen LogP contribution in [-0.4, -0.2) is 70.3 Å². The van der Waals surface area contributed by atoms with Crippen molar-refractivity contribution in [1.29, 1.82) is 0 Å². The van der Waals surface area contributed by atoms with Crippen LogP contribution in [0.2, 0.25) is 0 Å². The number of likely N-dealkylation sites (tertiary alicyclic amines) is 2. The van der Waals surface area contributed by atoms with E-state index >= 15 is 0 Å². The van der Waals surface area contributed by atoms with Gasteiger partial charge in [-0.3, -0.25) is 9.59 Å². The van der Waals surface area contributed by atoms with Crippen LogP contribution in [-0.2, 0) is 4.79 Å². The van der Waals surface area contributed by atoms with E-state index in [0.29, 0.717) is 31.7 Å². The number of benzene rings is 1. The Morgan fingerprint density at radius 1 is 1.15 bits per heavy atom. The standard InChI is InChI=1S/C25H30N6O2/c1-15-5-4-6-19-18(15)12-21(27-19)25(33)31-9-7-16(8-10-31)24-28-20(13-22(26-2)29-24)17-11-23(32)30(3)14-17/h4-6,12-13,16-17,27H,7-11,14H2,1-3H3,(H,26,28,29)/t17-/m0/s1. The maximum Gasteiger partial charge on any atom is 0.270 e. The van der Waals surface area contributed by atoms with Crippen molar-refractivity contribution in [2.45, 2.75) is 38.0 Å². The monoisotopic (exact) mass is 446 g/mol. The minimum atomic E-state index is 0.0436. The third-order valence-corrected chi connectivity index (χ3v) is 7.04. The van der Waals surface area contributed by atoms with Gasteiger partial charge in [-0.2, -0.15) is 0 Å². The van der Waals surface area contributed by atoms with Gasteiger partial charge in [0, 0.05) is 69.0 Å². The molecule has 0 aliphatic carbocycles. The van der Waals surface area contributed by atoms with Crippen molar-refractivity contribution in [3.05, 3.63) is 53.1 Å². The molecule has 0 unspecified atom stereocenters. The number of amides is 2. The fourth-order valence-electron chi connectivity index (χ4n) is 5.00. The largest absolute Gasteiger partial charge is 0.373 e. The molecule has 3 aromatic rings.